The molecule has 3 amide bonds. The SMILES string of the molecule is CCCCc1ccc([C@H](N[C@H](C)C(=O)NC(=O)NC)C(C)C)cc1. The van der Waals surface area contributed by atoms with E-state index in [1.54, 1.807) is 6.92 Å². The summed E-state index contributed by atoms with van der Waals surface area (Å²) in [5.74, 6) is -0.0127. The quantitative estimate of drug-likeness (QED) is 0.684. The smallest absolute Gasteiger partial charge is 0.321 e. The average Bonchev–Trinajstić information content (AvgIpc) is 2.57. The van der Waals surface area contributed by atoms with E-state index in [1.807, 2.05) is 0 Å². The summed E-state index contributed by atoms with van der Waals surface area (Å²) in [6.07, 6.45) is 3.49. The molecule has 5 nitrogen and oxygen atoms in total. The lowest BCUT2D eigenvalue weighted by atomic mass is 9.94. The molecule has 0 bridgehead atoms. The summed E-state index contributed by atoms with van der Waals surface area (Å²) < 4.78 is 0. The Labute approximate surface area is 145 Å². The van der Waals surface area contributed by atoms with Gasteiger partial charge < -0.3 is 5.32 Å². The van der Waals surface area contributed by atoms with Crippen LogP contribution < -0.4 is 16.0 Å². The van der Waals surface area contributed by atoms with Gasteiger partial charge in [0.05, 0.1) is 6.04 Å². The normalized spacial score (nSPS) is 13.4. The van der Waals surface area contributed by atoms with E-state index in [-0.39, 0.29) is 11.9 Å². The summed E-state index contributed by atoms with van der Waals surface area (Å²) in [6, 6.07) is 7.69. The number of imide groups is 1. The van der Waals surface area contributed by atoms with Gasteiger partial charge >= 0.3 is 6.03 Å². The Morgan fingerprint density at radius 1 is 1.08 bits per heavy atom. The third-order valence-corrected chi connectivity index (χ3v) is 4.11. The van der Waals surface area contributed by atoms with Crippen LogP contribution in [0.1, 0.15) is 57.7 Å². The molecule has 0 saturated carbocycles. The van der Waals surface area contributed by atoms with Crippen molar-refractivity contribution < 1.29 is 9.59 Å². The number of carbonyl (C=O) groups excluding carboxylic acids is 2. The standard InChI is InChI=1S/C19H31N3O2/c1-6-7-8-15-9-11-16(12-10-15)17(13(2)3)21-14(4)18(23)22-19(24)20-5/h9-14,17,21H,6-8H2,1-5H3,(H2,20,22,23,24)/t14-,17-/m1/s1. The second kappa shape index (κ2) is 10.1. The second-order valence-corrected chi connectivity index (χ2v) is 6.52. The first-order valence-corrected chi connectivity index (χ1v) is 8.76. The van der Waals surface area contributed by atoms with Crippen LogP contribution in [0.2, 0.25) is 0 Å². The van der Waals surface area contributed by atoms with E-state index >= 15 is 0 Å². The Morgan fingerprint density at radius 3 is 2.21 bits per heavy atom. The fraction of sp³-hybridized carbons (Fsp3) is 0.579. The molecular formula is C19H31N3O2. The zero-order valence-electron chi connectivity index (χ0n) is 15.5. The van der Waals surface area contributed by atoms with Gasteiger partial charge in [0.1, 0.15) is 0 Å². The molecular weight excluding hydrogens is 302 g/mol. The van der Waals surface area contributed by atoms with E-state index in [4.69, 9.17) is 0 Å². The third-order valence-electron chi connectivity index (χ3n) is 4.11. The zero-order valence-corrected chi connectivity index (χ0v) is 15.5. The number of carbonyl (C=O) groups is 2. The van der Waals surface area contributed by atoms with Gasteiger partial charge in [-0.05, 0) is 36.8 Å². The molecule has 0 aliphatic rings. The van der Waals surface area contributed by atoms with Crippen molar-refractivity contribution in [2.75, 3.05) is 7.05 Å². The van der Waals surface area contributed by atoms with Gasteiger partial charge in [-0.15, -0.1) is 0 Å². The predicted octanol–water partition coefficient (Wildman–Crippen LogP) is 3.16. The van der Waals surface area contributed by atoms with Crippen LogP contribution in [0.4, 0.5) is 4.79 Å². The van der Waals surface area contributed by atoms with Gasteiger partial charge in [-0.25, -0.2) is 4.79 Å². The van der Waals surface area contributed by atoms with E-state index in [1.165, 1.54) is 25.5 Å². The van der Waals surface area contributed by atoms with Crippen LogP contribution in [0, 0.1) is 5.92 Å². The topological polar surface area (TPSA) is 70.2 Å². The summed E-state index contributed by atoms with van der Waals surface area (Å²) in [6.45, 7) is 8.19. The van der Waals surface area contributed by atoms with E-state index in [9.17, 15) is 9.59 Å². The number of aryl methyl sites for hydroxylation is 1. The van der Waals surface area contributed by atoms with Gasteiger partial charge in [-0.2, -0.15) is 0 Å². The Balaban J connectivity index is 2.76. The van der Waals surface area contributed by atoms with Gasteiger partial charge in [-0.1, -0.05) is 51.5 Å². The number of benzene rings is 1. The molecule has 0 aliphatic heterocycles. The number of urea groups is 1. The Kier molecular flexibility index (Phi) is 8.47. The first kappa shape index (κ1) is 20.2. The second-order valence-electron chi connectivity index (χ2n) is 6.52. The highest BCUT2D eigenvalue weighted by atomic mass is 16.2. The van der Waals surface area contributed by atoms with E-state index < -0.39 is 12.1 Å². The maximum Gasteiger partial charge on any atom is 0.321 e. The molecule has 0 aliphatic carbocycles. The summed E-state index contributed by atoms with van der Waals surface area (Å²) in [5, 5.41) is 8.02. The monoisotopic (exact) mass is 333 g/mol. The summed E-state index contributed by atoms with van der Waals surface area (Å²) >= 11 is 0. The lowest BCUT2D eigenvalue weighted by Gasteiger charge is -2.26. The minimum Gasteiger partial charge on any atom is -0.341 e. The molecule has 5 heteroatoms. The molecule has 0 fully saturated rings. The minimum absolute atomic E-state index is 0.0515. The van der Waals surface area contributed by atoms with Crippen molar-refractivity contribution in [2.24, 2.45) is 5.92 Å². The number of amides is 3. The molecule has 1 aromatic rings. The van der Waals surface area contributed by atoms with E-state index in [2.05, 4.69) is 61.0 Å². The van der Waals surface area contributed by atoms with Crippen LogP contribution in [-0.4, -0.2) is 25.0 Å². The van der Waals surface area contributed by atoms with Crippen LogP contribution in [-0.2, 0) is 11.2 Å². The van der Waals surface area contributed by atoms with Crippen molar-refractivity contribution in [1.29, 1.82) is 0 Å². The van der Waals surface area contributed by atoms with Crippen LogP contribution in [0.5, 0.6) is 0 Å². The number of unbranched alkanes of at least 4 members (excludes halogenated alkanes) is 1. The highest BCUT2D eigenvalue weighted by molar-refractivity contribution is 5.96. The maximum absolute atomic E-state index is 12.0. The van der Waals surface area contributed by atoms with Crippen LogP contribution in [0.15, 0.2) is 24.3 Å². The molecule has 0 heterocycles. The first-order valence-electron chi connectivity index (χ1n) is 8.76. The molecule has 0 unspecified atom stereocenters. The summed E-state index contributed by atoms with van der Waals surface area (Å²) in [4.78, 5) is 23.3. The minimum atomic E-state index is -0.491. The summed E-state index contributed by atoms with van der Waals surface area (Å²) in [5.41, 5.74) is 2.50. The summed E-state index contributed by atoms with van der Waals surface area (Å²) in [7, 11) is 1.48. The van der Waals surface area contributed by atoms with Crippen molar-refractivity contribution in [3.05, 3.63) is 35.4 Å². The Hall–Kier alpha value is -1.88. The molecule has 3 N–H and O–H groups in total. The fourth-order valence-electron chi connectivity index (χ4n) is 2.57. The highest BCUT2D eigenvalue weighted by Crippen LogP contribution is 2.23. The number of hydrogen-bond acceptors (Lipinski definition) is 3. The van der Waals surface area contributed by atoms with Crippen LogP contribution >= 0.6 is 0 Å². The number of rotatable bonds is 8. The first-order chi connectivity index (χ1) is 11.4. The molecule has 1 aromatic carbocycles. The number of nitrogens with one attached hydrogen (secondary N) is 3. The molecule has 0 aromatic heterocycles. The van der Waals surface area contributed by atoms with Crippen LogP contribution in [0.25, 0.3) is 0 Å². The molecule has 134 valence electrons. The Bertz CT molecular complexity index is 526. The van der Waals surface area contributed by atoms with Gasteiger partial charge in [-0.3, -0.25) is 15.4 Å². The number of hydrogen-bond donors (Lipinski definition) is 3. The maximum atomic E-state index is 12.0. The van der Waals surface area contributed by atoms with Gasteiger partial charge in [0, 0.05) is 13.1 Å². The van der Waals surface area contributed by atoms with Crippen LogP contribution in [0.3, 0.4) is 0 Å². The van der Waals surface area contributed by atoms with Crippen molar-refractivity contribution in [3.8, 4) is 0 Å². The molecule has 1 rings (SSSR count). The van der Waals surface area contributed by atoms with Gasteiger partial charge in [0.2, 0.25) is 5.91 Å². The van der Waals surface area contributed by atoms with Crippen molar-refractivity contribution in [2.45, 2.75) is 59.0 Å². The zero-order chi connectivity index (χ0) is 18.1. The van der Waals surface area contributed by atoms with Crippen molar-refractivity contribution >= 4 is 11.9 Å². The molecule has 2 atom stereocenters. The van der Waals surface area contributed by atoms with Crippen molar-refractivity contribution in [3.63, 3.8) is 0 Å². The molecule has 0 radical (unpaired) electrons. The average molecular weight is 333 g/mol. The highest BCUT2D eigenvalue weighted by Gasteiger charge is 2.22. The molecule has 24 heavy (non-hydrogen) atoms. The lowest BCUT2D eigenvalue weighted by molar-refractivity contribution is -0.121. The lowest BCUT2D eigenvalue weighted by Crippen LogP contribution is -2.48. The largest absolute Gasteiger partial charge is 0.341 e. The van der Waals surface area contributed by atoms with Crippen molar-refractivity contribution in [1.82, 2.24) is 16.0 Å². The predicted molar refractivity (Wildman–Crippen MR) is 97.8 cm³/mol. The Morgan fingerprint density at radius 2 is 1.71 bits per heavy atom. The van der Waals surface area contributed by atoms with E-state index in [0.717, 1.165) is 12.0 Å². The van der Waals surface area contributed by atoms with E-state index in [0.29, 0.717) is 5.92 Å². The van der Waals surface area contributed by atoms with Gasteiger partial charge in [0.15, 0.2) is 0 Å². The molecule has 0 saturated heterocycles. The third kappa shape index (κ3) is 6.32. The fourth-order valence-corrected chi connectivity index (χ4v) is 2.57. The van der Waals surface area contributed by atoms with Gasteiger partial charge in [0.25, 0.3) is 0 Å². The molecule has 0 spiro atoms.